The fourth-order valence-corrected chi connectivity index (χ4v) is 3.03. The predicted molar refractivity (Wildman–Crippen MR) is 53.4 cm³/mol. The van der Waals surface area contributed by atoms with E-state index in [1.54, 1.807) is 0 Å². The zero-order valence-electron chi connectivity index (χ0n) is 8.98. The normalized spacial score (nSPS) is 39.9. The van der Waals surface area contributed by atoms with Crippen LogP contribution in [-0.2, 0) is 9.53 Å². The summed E-state index contributed by atoms with van der Waals surface area (Å²) < 4.78 is 4.83. The molecule has 2 N–H and O–H groups in total. The summed E-state index contributed by atoms with van der Waals surface area (Å²) in [6, 6.07) is 0. The van der Waals surface area contributed by atoms with Gasteiger partial charge in [0.15, 0.2) is 0 Å². The first kappa shape index (κ1) is 10.9. The molecule has 3 atom stereocenters. The lowest BCUT2D eigenvalue weighted by Gasteiger charge is -2.28. The number of methoxy groups -OCH3 is 1. The Bertz CT molecular complexity index is 253. The Morgan fingerprint density at radius 2 is 2.13 bits per heavy atom. The quantitative estimate of drug-likeness (QED) is 0.713. The van der Waals surface area contributed by atoms with Crippen molar-refractivity contribution in [2.75, 3.05) is 13.7 Å². The summed E-state index contributed by atoms with van der Waals surface area (Å²) in [7, 11) is 1.52. The number of carbonyl (C=O) groups is 1. The van der Waals surface area contributed by atoms with E-state index in [0.29, 0.717) is 18.3 Å². The molecule has 4 heteroatoms. The van der Waals surface area contributed by atoms with Gasteiger partial charge in [0.25, 0.3) is 0 Å². The van der Waals surface area contributed by atoms with Gasteiger partial charge in [0, 0.05) is 7.11 Å². The van der Waals surface area contributed by atoms with Crippen molar-refractivity contribution in [1.29, 1.82) is 0 Å². The summed E-state index contributed by atoms with van der Waals surface area (Å²) in [5.74, 6) is 0.469. The van der Waals surface area contributed by atoms with E-state index < -0.39 is 17.5 Å². The molecular weight excluding hydrogens is 196 g/mol. The third-order valence-electron chi connectivity index (χ3n) is 3.81. The molecule has 2 rings (SSSR count). The number of aliphatic hydroxyl groups excluding tert-OH is 1. The van der Waals surface area contributed by atoms with E-state index in [-0.39, 0.29) is 6.61 Å². The molecule has 0 radical (unpaired) electrons. The van der Waals surface area contributed by atoms with Crippen LogP contribution in [0.1, 0.15) is 25.7 Å². The fourth-order valence-electron chi connectivity index (χ4n) is 3.03. The van der Waals surface area contributed by atoms with Crippen LogP contribution in [0.3, 0.4) is 0 Å². The Hall–Kier alpha value is -0.610. The van der Waals surface area contributed by atoms with Crippen LogP contribution in [0, 0.1) is 17.3 Å². The van der Waals surface area contributed by atoms with Gasteiger partial charge in [-0.3, -0.25) is 4.79 Å². The third kappa shape index (κ3) is 2.01. The average molecular weight is 214 g/mol. The summed E-state index contributed by atoms with van der Waals surface area (Å²) in [4.78, 5) is 11.3. The molecule has 0 amide bonds. The van der Waals surface area contributed by atoms with Crippen LogP contribution in [0.4, 0.5) is 0 Å². The van der Waals surface area contributed by atoms with Crippen LogP contribution < -0.4 is 0 Å². The zero-order chi connectivity index (χ0) is 11.1. The van der Waals surface area contributed by atoms with E-state index >= 15 is 0 Å². The first-order valence-corrected chi connectivity index (χ1v) is 5.48. The van der Waals surface area contributed by atoms with Gasteiger partial charge in [0.2, 0.25) is 0 Å². The van der Waals surface area contributed by atoms with Crippen LogP contribution in [0.2, 0.25) is 0 Å². The number of ether oxygens (including phenoxy) is 1. The van der Waals surface area contributed by atoms with Gasteiger partial charge >= 0.3 is 5.97 Å². The second-order valence-corrected chi connectivity index (χ2v) is 5.06. The monoisotopic (exact) mass is 214 g/mol. The van der Waals surface area contributed by atoms with E-state index in [2.05, 4.69) is 0 Å². The molecule has 86 valence electrons. The van der Waals surface area contributed by atoms with E-state index in [4.69, 9.17) is 4.74 Å². The van der Waals surface area contributed by atoms with Crippen LogP contribution in [0.5, 0.6) is 0 Å². The molecule has 0 aromatic heterocycles. The molecule has 2 aliphatic rings. The molecule has 0 bridgehead atoms. The van der Waals surface area contributed by atoms with Gasteiger partial charge < -0.3 is 14.9 Å². The Morgan fingerprint density at radius 1 is 1.53 bits per heavy atom. The second kappa shape index (κ2) is 3.76. The Morgan fingerprint density at radius 3 is 2.60 bits per heavy atom. The van der Waals surface area contributed by atoms with Crippen molar-refractivity contribution >= 4 is 5.97 Å². The molecular formula is C11H18O4. The van der Waals surface area contributed by atoms with Gasteiger partial charge in [-0.15, -0.1) is 0 Å². The zero-order valence-corrected chi connectivity index (χ0v) is 8.98. The lowest BCUT2D eigenvalue weighted by atomic mass is 9.78. The standard InChI is InChI=1S/C11H18O4/c1-15-6-9(12)5-11(10(13)14)3-7-2-8(7)4-11/h7-9,12H,2-6H2,1H3,(H,13,14). The summed E-state index contributed by atoms with van der Waals surface area (Å²) in [6.45, 7) is 0.227. The van der Waals surface area contributed by atoms with E-state index in [0.717, 1.165) is 12.8 Å². The SMILES string of the molecule is COCC(O)CC1(C(=O)O)CC2CC2C1. The molecule has 15 heavy (non-hydrogen) atoms. The Kier molecular flexibility index (Phi) is 2.73. The topological polar surface area (TPSA) is 66.8 Å². The highest BCUT2D eigenvalue weighted by atomic mass is 16.5. The number of carboxylic acids is 1. The smallest absolute Gasteiger partial charge is 0.309 e. The first-order chi connectivity index (χ1) is 7.07. The Balaban J connectivity index is 1.98. The van der Waals surface area contributed by atoms with E-state index in [1.807, 2.05) is 0 Å². The van der Waals surface area contributed by atoms with Crippen molar-refractivity contribution in [3.05, 3.63) is 0 Å². The fraction of sp³-hybridized carbons (Fsp3) is 0.909. The van der Waals surface area contributed by atoms with Crippen molar-refractivity contribution in [2.45, 2.75) is 31.8 Å². The first-order valence-electron chi connectivity index (χ1n) is 5.48. The van der Waals surface area contributed by atoms with Crippen molar-refractivity contribution < 1.29 is 19.7 Å². The van der Waals surface area contributed by atoms with Gasteiger partial charge in [-0.25, -0.2) is 0 Å². The van der Waals surface area contributed by atoms with Gasteiger partial charge in [0.1, 0.15) is 0 Å². The van der Waals surface area contributed by atoms with Crippen LogP contribution in [0.15, 0.2) is 0 Å². The summed E-state index contributed by atoms with van der Waals surface area (Å²) in [5, 5.41) is 18.9. The maximum atomic E-state index is 11.3. The van der Waals surface area contributed by atoms with Crippen molar-refractivity contribution in [1.82, 2.24) is 0 Å². The highest BCUT2D eigenvalue weighted by molar-refractivity contribution is 5.75. The van der Waals surface area contributed by atoms with Gasteiger partial charge in [-0.2, -0.15) is 0 Å². The second-order valence-electron chi connectivity index (χ2n) is 5.06. The van der Waals surface area contributed by atoms with Crippen molar-refractivity contribution in [2.24, 2.45) is 17.3 Å². The van der Waals surface area contributed by atoms with Crippen LogP contribution >= 0.6 is 0 Å². The maximum Gasteiger partial charge on any atom is 0.309 e. The minimum Gasteiger partial charge on any atom is -0.481 e. The summed E-state index contributed by atoms with van der Waals surface area (Å²) >= 11 is 0. The minimum atomic E-state index is -0.746. The Labute approximate surface area is 89.2 Å². The number of hydrogen-bond donors (Lipinski definition) is 2. The van der Waals surface area contributed by atoms with Crippen LogP contribution in [0.25, 0.3) is 0 Å². The van der Waals surface area contributed by atoms with Gasteiger partial charge in [0.05, 0.1) is 18.1 Å². The molecule has 2 aliphatic carbocycles. The molecule has 0 aliphatic heterocycles. The number of rotatable bonds is 5. The molecule has 4 nitrogen and oxygen atoms in total. The molecule has 0 aromatic rings. The molecule has 2 saturated carbocycles. The molecule has 0 spiro atoms. The van der Waals surface area contributed by atoms with E-state index in [1.165, 1.54) is 13.5 Å². The van der Waals surface area contributed by atoms with Gasteiger partial charge in [-0.1, -0.05) is 0 Å². The van der Waals surface area contributed by atoms with Crippen molar-refractivity contribution in [3.63, 3.8) is 0 Å². The molecule has 0 saturated heterocycles. The number of aliphatic carboxylic acids is 1. The minimum absolute atomic E-state index is 0.227. The molecule has 2 fully saturated rings. The third-order valence-corrected chi connectivity index (χ3v) is 3.81. The number of aliphatic hydroxyl groups is 1. The maximum absolute atomic E-state index is 11.3. The number of fused-ring (bicyclic) bond motifs is 1. The average Bonchev–Trinajstić information content (AvgIpc) is 2.74. The molecule has 0 aromatic carbocycles. The lowest BCUT2D eigenvalue weighted by Crippen LogP contribution is -2.35. The number of hydrogen-bond acceptors (Lipinski definition) is 3. The largest absolute Gasteiger partial charge is 0.481 e. The van der Waals surface area contributed by atoms with Crippen LogP contribution in [-0.4, -0.2) is 36.0 Å². The molecule has 3 unspecified atom stereocenters. The molecule has 0 heterocycles. The summed E-state index contributed by atoms with van der Waals surface area (Å²) in [5.41, 5.74) is -0.675. The highest BCUT2D eigenvalue weighted by Gasteiger charge is 2.57. The predicted octanol–water partition coefficient (Wildman–Crippen LogP) is 0.885. The lowest BCUT2D eigenvalue weighted by molar-refractivity contribution is -0.152. The van der Waals surface area contributed by atoms with E-state index in [9.17, 15) is 15.0 Å². The highest BCUT2D eigenvalue weighted by Crippen LogP contribution is 2.61. The number of carboxylic acid groups (broad SMARTS) is 1. The van der Waals surface area contributed by atoms with Gasteiger partial charge in [-0.05, 0) is 37.5 Å². The van der Waals surface area contributed by atoms with Crippen molar-refractivity contribution in [3.8, 4) is 0 Å². The summed E-state index contributed by atoms with van der Waals surface area (Å²) in [6.07, 6.45) is 2.36.